The Hall–Kier alpha value is -2.14. The van der Waals surface area contributed by atoms with Crippen LogP contribution in [0.15, 0.2) is 34.9 Å². The van der Waals surface area contributed by atoms with Crippen LogP contribution in [0.2, 0.25) is 0 Å². The number of aromatic nitrogens is 1. The van der Waals surface area contributed by atoms with Gasteiger partial charge in [-0.05, 0) is 50.2 Å². The van der Waals surface area contributed by atoms with E-state index in [4.69, 9.17) is 4.42 Å². The Kier molecular flexibility index (Phi) is 5.07. The van der Waals surface area contributed by atoms with Gasteiger partial charge in [-0.1, -0.05) is 24.3 Å². The van der Waals surface area contributed by atoms with Gasteiger partial charge in [0.15, 0.2) is 5.69 Å². The Balaban J connectivity index is 1.43. The zero-order valence-electron chi connectivity index (χ0n) is 15.5. The number of likely N-dealkylation sites (tertiary alicyclic amines) is 1. The number of nitrogens with zero attached hydrogens (tertiary/aromatic N) is 3. The van der Waals surface area contributed by atoms with Crippen LogP contribution in [0.5, 0.6) is 0 Å². The van der Waals surface area contributed by atoms with Gasteiger partial charge in [0.2, 0.25) is 5.89 Å². The van der Waals surface area contributed by atoms with Crippen molar-refractivity contribution in [3.63, 3.8) is 0 Å². The molecule has 1 aliphatic heterocycles. The van der Waals surface area contributed by atoms with Crippen LogP contribution in [-0.2, 0) is 13.1 Å². The number of piperidine rings is 1. The molecule has 5 nitrogen and oxygen atoms in total. The van der Waals surface area contributed by atoms with Gasteiger partial charge in [0.1, 0.15) is 6.26 Å². The fraction of sp³-hybridized carbons (Fsp3) is 0.524. The van der Waals surface area contributed by atoms with Crippen LogP contribution in [0, 0.1) is 6.92 Å². The predicted molar refractivity (Wildman–Crippen MR) is 99.7 cm³/mol. The second-order valence-corrected chi connectivity index (χ2v) is 7.54. The molecule has 138 valence electrons. The van der Waals surface area contributed by atoms with Gasteiger partial charge in [-0.3, -0.25) is 9.69 Å². The minimum Gasteiger partial charge on any atom is -0.447 e. The lowest BCUT2D eigenvalue weighted by Gasteiger charge is -2.25. The largest absolute Gasteiger partial charge is 0.447 e. The highest BCUT2D eigenvalue weighted by molar-refractivity contribution is 5.92. The molecule has 4 rings (SSSR count). The highest BCUT2D eigenvalue weighted by Crippen LogP contribution is 2.30. The van der Waals surface area contributed by atoms with Gasteiger partial charge in [0, 0.05) is 25.7 Å². The third-order valence-corrected chi connectivity index (χ3v) is 5.45. The van der Waals surface area contributed by atoms with Gasteiger partial charge < -0.3 is 9.32 Å². The molecule has 5 heteroatoms. The first kappa shape index (κ1) is 17.3. The monoisotopic (exact) mass is 353 g/mol. The summed E-state index contributed by atoms with van der Waals surface area (Å²) in [6.07, 6.45) is 7.37. The predicted octanol–water partition coefficient (Wildman–Crippen LogP) is 3.77. The fourth-order valence-electron chi connectivity index (χ4n) is 3.67. The summed E-state index contributed by atoms with van der Waals surface area (Å²) in [5.74, 6) is 0.655. The number of hydrogen-bond donors (Lipinski definition) is 0. The quantitative estimate of drug-likeness (QED) is 0.793. The van der Waals surface area contributed by atoms with E-state index in [9.17, 15) is 4.79 Å². The first-order valence-corrected chi connectivity index (χ1v) is 9.73. The van der Waals surface area contributed by atoms with Crippen LogP contribution in [-0.4, -0.2) is 39.8 Å². The summed E-state index contributed by atoms with van der Waals surface area (Å²) in [5.41, 5.74) is 3.11. The highest BCUT2D eigenvalue weighted by atomic mass is 16.3. The van der Waals surface area contributed by atoms with Crippen molar-refractivity contribution in [2.75, 3.05) is 13.1 Å². The van der Waals surface area contributed by atoms with Crippen LogP contribution in [0.1, 0.15) is 59.6 Å². The maximum Gasteiger partial charge on any atom is 0.275 e. The molecule has 1 aromatic carbocycles. The molecule has 0 radical (unpaired) electrons. The van der Waals surface area contributed by atoms with Crippen molar-refractivity contribution in [1.82, 2.24) is 14.8 Å². The topological polar surface area (TPSA) is 49.6 Å². The average molecular weight is 353 g/mol. The van der Waals surface area contributed by atoms with Crippen LogP contribution in [0.3, 0.4) is 0 Å². The van der Waals surface area contributed by atoms with Crippen LogP contribution in [0.4, 0.5) is 0 Å². The molecule has 0 N–H and O–H groups in total. The summed E-state index contributed by atoms with van der Waals surface area (Å²) < 4.78 is 5.65. The lowest BCUT2D eigenvalue weighted by Crippen LogP contribution is -2.35. The van der Waals surface area contributed by atoms with Crippen molar-refractivity contribution < 1.29 is 9.21 Å². The van der Waals surface area contributed by atoms with Crippen molar-refractivity contribution in [2.24, 2.45) is 0 Å². The summed E-state index contributed by atoms with van der Waals surface area (Å²) in [6, 6.07) is 9.11. The summed E-state index contributed by atoms with van der Waals surface area (Å²) in [6.45, 7) is 5.38. The van der Waals surface area contributed by atoms with Crippen molar-refractivity contribution in [1.29, 1.82) is 0 Å². The smallest absolute Gasteiger partial charge is 0.275 e. The van der Waals surface area contributed by atoms with Crippen LogP contribution in [0.25, 0.3) is 0 Å². The first-order valence-electron chi connectivity index (χ1n) is 9.73. The molecular weight excluding hydrogens is 326 g/mol. The lowest BCUT2D eigenvalue weighted by atomic mass is 10.1. The zero-order chi connectivity index (χ0) is 17.9. The molecule has 0 unspecified atom stereocenters. The summed E-state index contributed by atoms with van der Waals surface area (Å²) in [4.78, 5) is 21.4. The maximum atomic E-state index is 12.6. The molecule has 2 aliphatic rings. The molecule has 1 saturated heterocycles. The van der Waals surface area contributed by atoms with E-state index < -0.39 is 0 Å². The van der Waals surface area contributed by atoms with Gasteiger partial charge in [-0.15, -0.1) is 0 Å². The molecule has 0 bridgehead atoms. The van der Waals surface area contributed by atoms with Gasteiger partial charge in [-0.2, -0.15) is 0 Å². The lowest BCUT2D eigenvalue weighted by molar-refractivity contribution is 0.0718. The van der Waals surface area contributed by atoms with E-state index in [1.165, 1.54) is 36.7 Å². The molecule has 1 amide bonds. The molecule has 2 aromatic rings. The number of rotatable bonds is 6. The number of carbonyl (C=O) groups is 1. The molecule has 1 aliphatic carbocycles. The van der Waals surface area contributed by atoms with Crippen LogP contribution >= 0.6 is 0 Å². The Morgan fingerprint density at radius 2 is 1.96 bits per heavy atom. The Labute approximate surface area is 155 Å². The molecule has 1 saturated carbocycles. The first-order chi connectivity index (χ1) is 12.7. The van der Waals surface area contributed by atoms with E-state index in [1.54, 1.807) is 0 Å². The molecule has 0 spiro atoms. The number of oxazole rings is 1. The van der Waals surface area contributed by atoms with E-state index in [0.717, 1.165) is 32.5 Å². The zero-order valence-corrected chi connectivity index (χ0v) is 15.5. The number of aryl methyl sites for hydroxylation is 1. The second-order valence-electron chi connectivity index (χ2n) is 7.54. The summed E-state index contributed by atoms with van der Waals surface area (Å²) in [7, 11) is 0. The van der Waals surface area contributed by atoms with Crippen molar-refractivity contribution in [2.45, 2.75) is 58.2 Å². The molecule has 1 aromatic heterocycles. The van der Waals surface area contributed by atoms with E-state index in [-0.39, 0.29) is 5.91 Å². The third-order valence-electron chi connectivity index (χ3n) is 5.45. The number of benzene rings is 1. The Morgan fingerprint density at radius 1 is 1.19 bits per heavy atom. The summed E-state index contributed by atoms with van der Waals surface area (Å²) in [5, 5.41) is 0. The van der Waals surface area contributed by atoms with Gasteiger partial charge in [-0.25, -0.2) is 4.98 Å². The van der Waals surface area contributed by atoms with E-state index in [0.29, 0.717) is 24.2 Å². The molecule has 2 heterocycles. The normalized spacial score (nSPS) is 17.7. The van der Waals surface area contributed by atoms with Crippen molar-refractivity contribution in [3.8, 4) is 0 Å². The Bertz CT molecular complexity index is 760. The number of amides is 1. The standard InChI is InChI=1S/C21H27N3O2/c1-16-7-3-4-8-17(16)13-24(18-9-10-18)14-20-22-19(15-26-20)21(25)23-11-5-2-6-12-23/h3-4,7-8,15,18H,2,5-6,9-14H2,1H3. The average Bonchev–Trinajstić information content (AvgIpc) is 3.42. The van der Waals surface area contributed by atoms with E-state index >= 15 is 0 Å². The fourth-order valence-corrected chi connectivity index (χ4v) is 3.67. The van der Waals surface area contributed by atoms with Gasteiger partial charge >= 0.3 is 0 Å². The van der Waals surface area contributed by atoms with Gasteiger partial charge in [0.05, 0.1) is 6.54 Å². The van der Waals surface area contributed by atoms with E-state index in [2.05, 4.69) is 41.1 Å². The number of carbonyl (C=O) groups excluding carboxylic acids is 1. The number of hydrogen-bond acceptors (Lipinski definition) is 4. The minimum atomic E-state index is 0.0107. The Morgan fingerprint density at radius 3 is 2.69 bits per heavy atom. The molecule has 26 heavy (non-hydrogen) atoms. The second kappa shape index (κ2) is 7.62. The third kappa shape index (κ3) is 3.98. The van der Waals surface area contributed by atoms with Gasteiger partial charge in [0.25, 0.3) is 5.91 Å². The maximum absolute atomic E-state index is 12.6. The minimum absolute atomic E-state index is 0.0107. The highest BCUT2D eigenvalue weighted by Gasteiger charge is 2.31. The van der Waals surface area contributed by atoms with Crippen molar-refractivity contribution >= 4 is 5.91 Å². The summed E-state index contributed by atoms with van der Waals surface area (Å²) >= 11 is 0. The molecule has 0 atom stereocenters. The molecule has 2 fully saturated rings. The molecular formula is C21H27N3O2. The van der Waals surface area contributed by atoms with E-state index in [1.807, 2.05) is 4.90 Å². The SMILES string of the molecule is Cc1ccccc1CN(Cc1nc(C(=O)N2CCCCC2)co1)C1CC1. The van der Waals surface area contributed by atoms with Crippen molar-refractivity contribution in [3.05, 3.63) is 53.2 Å². The van der Waals surface area contributed by atoms with Crippen LogP contribution < -0.4 is 0 Å².